The standard InChI is InChI=1S/C14H17ClN2O/c1-10(12-8-16-9-12)14(18)17-7-6-11-2-4-13(15)5-3-11/h2-5,16H,6-9H2,1H3,(H,17,18). The largest absolute Gasteiger partial charge is 0.352 e. The van der Waals surface area contributed by atoms with Crippen molar-refractivity contribution in [3.05, 3.63) is 46.0 Å². The molecule has 2 N–H and O–H groups in total. The monoisotopic (exact) mass is 264 g/mol. The Morgan fingerprint density at radius 3 is 2.56 bits per heavy atom. The smallest absolute Gasteiger partial charge is 0.246 e. The Morgan fingerprint density at radius 2 is 2.00 bits per heavy atom. The Bertz CT molecular complexity index is 459. The van der Waals surface area contributed by atoms with Gasteiger partial charge in [-0.2, -0.15) is 0 Å². The molecule has 96 valence electrons. The highest BCUT2D eigenvalue weighted by Crippen LogP contribution is 2.10. The summed E-state index contributed by atoms with van der Waals surface area (Å²) >= 11 is 5.81. The maximum atomic E-state index is 11.8. The zero-order chi connectivity index (χ0) is 13.0. The fraction of sp³-hybridized carbons (Fsp3) is 0.357. The number of hydrogen-bond acceptors (Lipinski definition) is 2. The average molecular weight is 265 g/mol. The average Bonchev–Trinajstić information content (AvgIpc) is 2.29. The molecule has 1 heterocycles. The summed E-state index contributed by atoms with van der Waals surface area (Å²) in [5.74, 6) is 0.0421. The molecule has 3 nitrogen and oxygen atoms in total. The zero-order valence-corrected chi connectivity index (χ0v) is 11.2. The van der Waals surface area contributed by atoms with Gasteiger partial charge in [-0.25, -0.2) is 0 Å². The van der Waals surface area contributed by atoms with Gasteiger partial charge in [-0.3, -0.25) is 4.79 Å². The molecule has 1 aliphatic rings. The molecule has 0 saturated carbocycles. The summed E-state index contributed by atoms with van der Waals surface area (Å²) in [5.41, 5.74) is 3.24. The maximum absolute atomic E-state index is 11.8. The first-order valence-corrected chi connectivity index (χ1v) is 6.46. The van der Waals surface area contributed by atoms with Crippen molar-refractivity contribution in [3.63, 3.8) is 0 Å². The second kappa shape index (κ2) is 6.03. The highest BCUT2D eigenvalue weighted by atomic mass is 35.5. The van der Waals surface area contributed by atoms with Gasteiger partial charge in [0.15, 0.2) is 0 Å². The zero-order valence-electron chi connectivity index (χ0n) is 10.4. The highest BCUT2D eigenvalue weighted by Gasteiger charge is 2.15. The van der Waals surface area contributed by atoms with Gasteiger partial charge in [-0.05, 0) is 36.6 Å². The number of nitrogens with one attached hydrogen (secondary N) is 2. The number of halogens is 1. The van der Waals surface area contributed by atoms with Crippen molar-refractivity contribution in [2.75, 3.05) is 19.6 Å². The lowest BCUT2D eigenvalue weighted by atomic mass is 10.0. The molecule has 0 spiro atoms. The highest BCUT2D eigenvalue weighted by molar-refractivity contribution is 6.30. The van der Waals surface area contributed by atoms with Crippen molar-refractivity contribution in [1.29, 1.82) is 0 Å². The summed E-state index contributed by atoms with van der Waals surface area (Å²) in [7, 11) is 0. The summed E-state index contributed by atoms with van der Waals surface area (Å²) in [5, 5.41) is 6.81. The molecular weight excluding hydrogens is 248 g/mol. The van der Waals surface area contributed by atoms with Crippen LogP contribution in [0.2, 0.25) is 5.02 Å². The Kier molecular flexibility index (Phi) is 4.39. The molecular formula is C14H17ClN2O. The van der Waals surface area contributed by atoms with E-state index in [-0.39, 0.29) is 5.91 Å². The Morgan fingerprint density at radius 1 is 1.33 bits per heavy atom. The van der Waals surface area contributed by atoms with Gasteiger partial charge in [0, 0.05) is 30.2 Å². The lowest BCUT2D eigenvalue weighted by Crippen LogP contribution is -2.38. The first-order valence-electron chi connectivity index (χ1n) is 6.09. The SMILES string of the molecule is CC(C(=O)NCCc1ccc(Cl)cc1)=C1CNC1. The Labute approximate surface area is 112 Å². The molecule has 1 aromatic rings. The van der Waals surface area contributed by atoms with Gasteiger partial charge >= 0.3 is 0 Å². The van der Waals surface area contributed by atoms with Gasteiger partial charge in [-0.1, -0.05) is 23.7 Å². The van der Waals surface area contributed by atoms with Gasteiger partial charge in [0.25, 0.3) is 0 Å². The van der Waals surface area contributed by atoms with E-state index in [0.29, 0.717) is 6.54 Å². The van der Waals surface area contributed by atoms with Gasteiger partial charge in [0.2, 0.25) is 5.91 Å². The van der Waals surface area contributed by atoms with E-state index in [1.165, 1.54) is 11.1 Å². The van der Waals surface area contributed by atoms with E-state index in [1.807, 2.05) is 31.2 Å². The third kappa shape index (κ3) is 3.34. The predicted molar refractivity (Wildman–Crippen MR) is 73.7 cm³/mol. The van der Waals surface area contributed by atoms with Gasteiger partial charge in [-0.15, -0.1) is 0 Å². The molecule has 0 unspecified atom stereocenters. The van der Waals surface area contributed by atoms with Crippen LogP contribution in [0.25, 0.3) is 0 Å². The molecule has 2 rings (SSSR count). The van der Waals surface area contributed by atoms with E-state index in [1.54, 1.807) is 0 Å². The normalized spacial score (nSPS) is 14.0. The quantitative estimate of drug-likeness (QED) is 0.816. The second-order valence-corrected chi connectivity index (χ2v) is 4.90. The summed E-state index contributed by atoms with van der Waals surface area (Å²) < 4.78 is 0. The van der Waals surface area contributed by atoms with E-state index >= 15 is 0 Å². The predicted octanol–water partition coefficient (Wildman–Crippen LogP) is 1.92. The van der Waals surface area contributed by atoms with Crippen LogP contribution in [0.1, 0.15) is 12.5 Å². The lowest BCUT2D eigenvalue weighted by molar-refractivity contribution is -0.117. The minimum absolute atomic E-state index is 0.0421. The molecule has 4 heteroatoms. The Hall–Kier alpha value is -1.32. The van der Waals surface area contributed by atoms with Crippen molar-refractivity contribution >= 4 is 17.5 Å². The second-order valence-electron chi connectivity index (χ2n) is 4.46. The number of carbonyl (C=O) groups is 1. The van der Waals surface area contributed by atoms with Crippen LogP contribution in [-0.2, 0) is 11.2 Å². The molecule has 1 saturated heterocycles. The van der Waals surface area contributed by atoms with E-state index in [0.717, 1.165) is 30.1 Å². The van der Waals surface area contributed by atoms with Crippen molar-refractivity contribution in [3.8, 4) is 0 Å². The lowest BCUT2D eigenvalue weighted by Gasteiger charge is -2.21. The minimum Gasteiger partial charge on any atom is -0.352 e. The molecule has 0 radical (unpaired) electrons. The number of benzene rings is 1. The van der Waals surface area contributed by atoms with Crippen molar-refractivity contribution in [2.24, 2.45) is 0 Å². The molecule has 18 heavy (non-hydrogen) atoms. The van der Waals surface area contributed by atoms with Crippen LogP contribution >= 0.6 is 11.6 Å². The van der Waals surface area contributed by atoms with Gasteiger partial charge in [0.1, 0.15) is 0 Å². The van der Waals surface area contributed by atoms with E-state index in [2.05, 4.69) is 10.6 Å². The van der Waals surface area contributed by atoms with Crippen molar-refractivity contribution < 1.29 is 4.79 Å². The van der Waals surface area contributed by atoms with Crippen LogP contribution in [-0.4, -0.2) is 25.5 Å². The number of rotatable bonds is 4. The maximum Gasteiger partial charge on any atom is 0.246 e. The molecule has 1 aliphatic heterocycles. The van der Waals surface area contributed by atoms with Crippen LogP contribution in [0.4, 0.5) is 0 Å². The van der Waals surface area contributed by atoms with E-state index in [9.17, 15) is 4.79 Å². The van der Waals surface area contributed by atoms with E-state index in [4.69, 9.17) is 11.6 Å². The van der Waals surface area contributed by atoms with E-state index < -0.39 is 0 Å². The molecule has 0 aliphatic carbocycles. The van der Waals surface area contributed by atoms with Crippen LogP contribution < -0.4 is 10.6 Å². The van der Waals surface area contributed by atoms with Crippen LogP contribution in [0.15, 0.2) is 35.4 Å². The summed E-state index contributed by atoms with van der Waals surface area (Å²) in [6.45, 7) is 4.22. The third-order valence-corrected chi connectivity index (χ3v) is 3.41. The molecule has 0 aromatic heterocycles. The number of carbonyl (C=O) groups excluding carboxylic acids is 1. The summed E-state index contributed by atoms with van der Waals surface area (Å²) in [6.07, 6.45) is 0.823. The van der Waals surface area contributed by atoms with Crippen molar-refractivity contribution in [2.45, 2.75) is 13.3 Å². The van der Waals surface area contributed by atoms with Gasteiger partial charge < -0.3 is 10.6 Å². The van der Waals surface area contributed by atoms with Gasteiger partial charge in [0.05, 0.1) is 0 Å². The van der Waals surface area contributed by atoms with Crippen LogP contribution in [0.3, 0.4) is 0 Å². The fourth-order valence-electron chi connectivity index (χ4n) is 1.78. The topological polar surface area (TPSA) is 41.1 Å². The first kappa shape index (κ1) is 13.1. The van der Waals surface area contributed by atoms with Crippen molar-refractivity contribution in [1.82, 2.24) is 10.6 Å². The summed E-state index contributed by atoms with van der Waals surface area (Å²) in [4.78, 5) is 11.8. The summed E-state index contributed by atoms with van der Waals surface area (Å²) in [6, 6.07) is 7.70. The molecule has 1 fully saturated rings. The minimum atomic E-state index is 0.0421. The third-order valence-electron chi connectivity index (χ3n) is 3.16. The number of hydrogen-bond donors (Lipinski definition) is 2. The molecule has 1 aromatic carbocycles. The molecule has 0 atom stereocenters. The van der Waals surface area contributed by atoms with Crippen LogP contribution in [0, 0.1) is 0 Å². The fourth-order valence-corrected chi connectivity index (χ4v) is 1.91. The number of amides is 1. The molecule has 0 bridgehead atoms. The molecule has 1 amide bonds. The first-order chi connectivity index (χ1) is 8.66. The Balaban J connectivity index is 1.78. The van der Waals surface area contributed by atoms with Crippen LogP contribution in [0.5, 0.6) is 0 Å².